The summed E-state index contributed by atoms with van der Waals surface area (Å²) < 4.78 is 8.03. The number of benzene rings is 1. The maximum absolute atomic E-state index is 13.8. The van der Waals surface area contributed by atoms with E-state index in [-0.39, 0.29) is 17.7 Å². The molecular formula is C28H40ClN5O3. The van der Waals surface area contributed by atoms with Gasteiger partial charge in [0.15, 0.2) is 0 Å². The van der Waals surface area contributed by atoms with E-state index >= 15 is 0 Å². The fraction of sp³-hybridized carbons (Fsp3) is 0.607. The molecule has 0 radical (unpaired) electrons. The van der Waals surface area contributed by atoms with Crippen LogP contribution in [0.5, 0.6) is 5.75 Å². The minimum atomic E-state index is -0.478. The molecule has 1 aromatic carbocycles. The topological polar surface area (TPSA) is 70.9 Å². The van der Waals surface area contributed by atoms with Gasteiger partial charge in [-0.15, -0.1) is 0 Å². The number of amides is 2. The number of carbonyl (C=O) groups is 2. The van der Waals surface area contributed by atoms with Crippen LogP contribution in [0.15, 0.2) is 30.3 Å². The SMILES string of the molecule is CCn1nc(C(C)C)cc1C(=O)N1CCC[C@@](COc2cccc(Cl)c2)(CC(=O)N2CCN(C)CC2)C1. The molecule has 2 amide bonds. The molecule has 2 saturated heterocycles. The van der Waals surface area contributed by atoms with Gasteiger partial charge >= 0.3 is 0 Å². The van der Waals surface area contributed by atoms with Crippen molar-refractivity contribution in [3.8, 4) is 5.75 Å². The van der Waals surface area contributed by atoms with Crippen LogP contribution in [0.25, 0.3) is 0 Å². The Bertz CT molecular complexity index is 1100. The smallest absolute Gasteiger partial charge is 0.272 e. The number of rotatable bonds is 8. The zero-order chi connectivity index (χ0) is 26.6. The lowest BCUT2D eigenvalue weighted by Crippen LogP contribution is -2.53. The molecule has 3 heterocycles. The fourth-order valence-electron chi connectivity index (χ4n) is 5.27. The fourth-order valence-corrected chi connectivity index (χ4v) is 5.45. The Balaban J connectivity index is 1.56. The molecule has 202 valence electrons. The van der Waals surface area contributed by atoms with Crippen LogP contribution >= 0.6 is 11.6 Å². The van der Waals surface area contributed by atoms with Gasteiger partial charge in [0.1, 0.15) is 11.4 Å². The molecule has 2 aromatic rings. The summed E-state index contributed by atoms with van der Waals surface area (Å²) in [4.78, 5) is 33.3. The lowest BCUT2D eigenvalue weighted by molar-refractivity contribution is -0.137. The van der Waals surface area contributed by atoms with E-state index in [2.05, 4.69) is 30.9 Å². The molecule has 37 heavy (non-hydrogen) atoms. The van der Waals surface area contributed by atoms with Crippen LogP contribution < -0.4 is 4.74 Å². The quantitative estimate of drug-likeness (QED) is 0.514. The van der Waals surface area contributed by atoms with E-state index in [0.29, 0.717) is 49.1 Å². The summed E-state index contributed by atoms with van der Waals surface area (Å²) in [5.74, 6) is 1.03. The van der Waals surface area contributed by atoms with Gasteiger partial charge in [0.25, 0.3) is 5.91 Å². The zero-order valence-electron chi connectivity index (χ0n) is 22.6. The Morgan fingerprint density at radius 3 is 2.54 bits per heavy atom. The molecule has 8 nitrogen and oxygen atoms in total. The number of piperazine rings is 1. The van der Waals surface area contributed by atoms with Gasteiger partial charge in [-0.3, -0.25) is 14.3 Å². The van der Waals surface area contributed by atoms with E-state index in [1.807, 2.05) is 41.0 Å². The number of ether oxygens (including phenoxy) is 1. The van der Waals surface area contributed by atoms with Crippen molar-refractivity contribution >= 4 is 23.4 Å². The van der Waals surface area contributed by atoms with Crippen LogP contribution in [0.1, 0.15) is 62.1 Å². The van der Waals surface area contributed by atoms with Gasteiger partial charge in [-0.2, -0.15) is 5.10 Å². The summed E-state index contributed by atoms with van der Waals surface area (Å²) in [6, 6.07) is 9.25. The molecule has 0 saturated carbocycles. The molecule has 9 heteroatoms. The molecule has 0 spiro atoms. The molecule has 2 fully saturated rings. The summed E-state index contributed by atoms with van der Waals surface area (Å²) in [5.41, 5.74) is 1.06. The minimum Gasteiger partial charge on any atom is -0.493 e. The van der Waals surface area contributed by atoms with Crippen LogP contribution in [-0.4, -0.2) is 89.2 Å². The molecule has 4 rings (SSSR count). The second-order valence-corrected chi connectivity index (χ2v) is 11.3. The lowest BCUT2D eigenvalue weighted by atomic mass is 9.77. The monoisotopic (exact) mass is 529 g/mol. The van der Waals surface area contributed by atoms with E-state index in [1.54, 1.807) is 10.7 Å². The number of hydrogen-bond donors (Lipinski definition) is 0. The largest absolute Gasteiger partial charge is 0.493 e. The van der Waals surface area contributed by atoms with Crippen molar-refractivity contribution in [2.24, 2.45) is 5.41 Å². The van der Waals surface area contributed by atoms with Crippen molar-refractivity contribution in [2.45, 2.75) is 52.5 Å². The molecule has 0 bridgehead atoms. The molecular weight excluding hydrogens is 490 g/mol. The highest BCUT2D eigenvalue weighted by molar-refractivity contribution is 6.30. The average Bonchev–Trinajstić information content (AvgIpc) is 3.33. The van der Waals surface area contributed by atoms with Gasteiger partial charge in [-0.25, -0.2) is 0 Å². The number of nitrogens with zero attached hydrogens (tertiary/aromatic N) is 5. The summed E-state index contributed by atoms with van der Waals surface area (Å²) in [6.45, 7) is 11.5. The number of likely N-dealkylation sites (tertiary alicyclic amines) is 1. The lowest BCUT2D eigenvalue weighted by Gasteiger charge is -2.43. The summed E-state index contributed by atoms with van der Waals surface area (Å²) in [6.07, 6.45) is 1.99. The van der Waals surface area contributed by atoms with Crippen LogP contribution in [0.2, 0.25) is 5.02 Å². The highest BCUT2D eigenvalue weighted by Gasteiger charge is 2.42. The first-order valence-corrected chi connectivity index (χ1v) is 13.8. The third kappa shape index (κ3) is 6.65. The predicted octanol–water partition coefficient (Wildman–Crippen LogP) is 4.15. The van der Waals surface area contributed by atoms with Gasteiger partial charge in [0, 0.05) is 62.7 Å². The molecule has 1 atom stereocenters. The third-order valence-corrected chi connectivity index (χ3v) is 7.82. The predicted molar refractivity (Wildman–Crippen MR) is 145 cm³/mol. The second kappa shape index (κ2) is 11.9. The Morgan fingerprint density at radius 2 is 1.86 bits per heavy atom. The number of aromatic nitrogens is 2. The Morgan fingerprint density at radius 1 is 1.11 bits per heavy atom. The van der Waals surface area contributed by atoms with Crippen molar-refractivity contribution in [1.29, 1.82) is 0 Å². The molecule has 1 aromatic heterocycles. The van der Waals surface area contributed by atoms with Gasteiger partial charge in [0.2, 0.25) is 5.91 Å². The van der Waals surface area contributed by atoms with Crippen LogP contribution in [0.4, 0.5) is 0 Å². The molecule has 2 aliphatic heterocycles. The van der Waals surface area contributed by atoms with Crippen molar-refractivity contribution in [3.05, 3.63) is 46.7 Å². The maximum atomic E-state index is 13.8. The van der Waals surface area contributed by atoms with E-state index in [4.69, 9.17) is 16.3 Å². The van der Waals surface area contributed by atoms with E-state index in [9.17, 15) is 9.59 Å². The van der Waals surface area contributed by atoms with Gasteiger partial charge < -0.3 is 19.4 Å². The van der Waals surface area contributed by atoms with Crippen LogP contribution in [-0.2, 0) is 11.3 Å². The summed E-state index contributed by atoms with van der Waals surface area (Å²) >= 11 is 6.18. The van der Waals surface area contributed by atoms with Crippen molar-refractivity contribution in [1.82, 2.24) is 24.5 Å². The van der Waals surface area contributed by atoms with E-state index in [0.717, 1.165) is 44.7 Å². The second-order valence-electron chi connectivity index (χ2n) is 10.9. The Hall–Kier alpha value is -2.58. The van der Waals surface area contributed by atoms with Crippen LogP contribution in [0.3, 0.4) is 0 Å². The van der Waals surface area contributed by atoms with Crippen molar-refractivity contribution < 1.29 is 14.3 Å². The third-order valence-electron chi connectivity index (χ3n) is 7.58. The number of aryl methyl sites for hydroxylation is 1. The van der Waals surface area contributed by atoms with E-state index in [1.165, 1.54) is 0 Å². The maximum Gasteiger partial charge on any atom is 0.272 e. The Kier molecular flexibility index (Phi) is 8.80. The summed E-state index contributed by atoms with van der Waals surface area (Å²) in [5, 5.41) is 5.25. The zero-order valence-corrected chi connectivity index (χ0v) is 23.3. The molecule has 0 aliphatic carbocycles. The van der Waals surface area contributed by atoms with Gasteiger partial charge in [-0.05, 0) is 57.0 Å². The molecule has 0 N–H and O–H groups in total. The van der Waals surface area contributed by atoms with Gasteiger partial charge in [-0.1, -0.05) is 31.5 Å². The summed E-state index contributed by atoms with van der Waals surface area (Å²) in [7, 11) is 2.08. The first kappa shape index (κ1) is 27.5. The molecule has 2 aliphatic rings. The van der Waals surface area contributed by atoms with Crippen LogP contribution in [0, 0.1) is 5.41 Å². The molecule has 0 unspecified atom stereocenters. The number of hydrogen-bond acceptors (Lipinski definition) is 5. The average molecular weight is 530 g/mol. The standard InChI is InChI=1S/C28H40ClN5O3/c1-5-34-25(17-24(30-34)21(2)3)27(36)33-11-7-10-28(19-33,20-37-23-9-6-8-22(29)16-23)18-26(35)32-14-12-31(4)13-15-32/h6,8-9,16-17,21H,5,7,10-15,18-20H2,1-4H3/t28-/m1/s1. The number of halogens is 1. The first-order valence-electron chi connectivity index (χ1n) is 13.4. The minimum absolute atomic E-state index is 0.0277. The highest BCUT2D eigenvalue weighted by atomic mass is 35.5. The van der Waals surface area contributed by atoms with Crippen molar-refractivity contribution in [2.75, 3.05) is 52.9 Å². The number of carbonyl (C=O) groups excluding carboxylic acids is 2. The van der Waals surface area contributed by atoms with Crippen molar-refractivity contribution in [3.63, 3.8) is 0 Å². The highest BCUT2D eigenvalue weighted by Crippen LogP contribution is 2.36. The van der Waals surface area contributed by atoms with E-state index < -0.39 is 5.41 Å². The Labute approximate surface area is 225 Å². The van der Waals surface area contributed by atoms with Gasteiger partial charge in [0.05, 0.1) is 12.3 Å². The number of likely N-dealkylation sites (N-methyl/N-ethyl adjacent to an activating group) is 1. The number of piperidine rings is 1. The first-order chi connectivity index (χ1) is 17.7. The normalized spacial score (nSPS) is 20.9.